The summed E-state index contributed by atoms with van der Waals surface area (Å²) in [7, 11) is 0. The van der Waals surface area contributed by atoms with Gasteiger partial charge in [-0.05, 0) is 150 Å². The summed E-state index contributed by atoms with van der Waals surface area (Å²) in [5.41, 5.74) is 17.5. The maximum Gasteiger partial charge on any atom is 0.136 e. The van der Waals surface area contributed by atoms with Gasteiger partial charge >= 0.3 is 0 Å². The van der Waals surface area contributed by atoms with E-state index in [2.05, 4.69) is 219 Å². The fourth-order valence-electron chi connectivity index (χ4n) is 9.75. The highest BCUT2D eigenvalue weighted by Crippen LogP contribution is 2.52. The van der Waals surface area contributed by atoms with E-state index in [-0.39, 0.29) is 5.41 Å². The lowest BCUT2D eigenvalue weighted by molar-refractivity contribution is 0.660. The average Bonchev–Trinajstić information content (AvgIpc) is 3.79. The van der Waals surface area contributed by atoms with Crippen molar-refractivity contribution in [3.63, 3.8) is 0 Å². The molecule has 0 fully saturated rings. The first-order chi connectivity index (χ1) is 29.9. The molecule has 0 unspecified atom stereocenters. The molecule has 0 bridgehead atoms. The lowest BCUT2D eigenvalue weighted by Crippen LogP contribution is -2.16. The van der Waals surface area contributed by atoms with E-state index in [4.69, 9.17) is 4.42 Å². The third-order valence-corrected chi connectivity index (χ3v) is 13.0. The van der Waals surface area contributed by atoms with Gasteiger partial charge in [0, 0.05) is 33.2 Å². The van der Waals surface area contributed by atoms with Gasteiger partial charge in [-0.25, -0.2) is 0 Å². The fraction of sp³-hybridized carbons (Fsp3) is 0.0508. The van der Waals surface area contributed by atoms with E-state index in [0.29, 0.717) is 0 Å². The van der Waals surface area contributed by atoms with Gasteiger partial charge in [-0.2, -0.15) is 0 Å². The van der Waals surface area contributed by atoms with Crippen LogP contribution in [0.1, 0.15) is 25.0 Å². The highest BCUT2D eigenvalue weighted by molar-refractivity contribution is 6.06. The molecule has 12 rings (SSSR count). The summed E-state index contributed by atoms with van der Waals surface area (Å²) < 4.78 is 6.20. The lowest BCUT2D eigenvalue weighted by atomic mass is 9.81. The molecule has 0 radical (unpaired) electrons. The van der Waals surface area contributed by atoms with Gasteiger partial charge in [0.05, 0.1) is 0 Å². The van der Waals surface area contributed by atoms with Crippen LogP contribution in [0.5, 0.6) is 0 Å². The summed E-state index contributed by atoms with van der Waals surface area (Å²) in [5.74, 6) is 0. The Bertz CT molecular complexity index is 3480. The van der Waals surface area contributed by atoms with Crippen molar-refractivity contribution < 1.29 is 4.42 Å². The molecule has 0 N–H and O–H groups in total. The summed E-state index contributed by atoms with van der Waals surface area (Å²) in [6.45, 7) is 4.75. The maximum absolute atomic E-state index is 6.20. The molecule has 2 heteroatoms. The number of nitrogens with zero attached hydrogens (tertiary/aromatic N) is 1. The number of furan rings is 1. The number of anilines is 3. The number of hydrogen-bond acceptors (Lipinski definition) is 2. The van der Waals surface area contributed by atoms with Gasteiger partial charge in [-0.1, -0.05) is 153 Å². The Labute approximate surface area is 355 Å². The van der Waals surface area contributed by atoms with Crippen LogP contribution in [0.25, 0.3) is 88.0 Å². The minimum absolute atomic E-state index is 0.173. The minimum atomic E-state index is -0.173. The summed E-state index contributed by atoms with van der Waals surface area (Å²) in [6, 6.07) is 77.6. The predicted molar refractivity (Wildman–Crippen MR) is 257 cm³/mol. The predicted octanol–water partition coefficient (Wildman–Crippen LogP) is 16.7. The van der Waals surface area contributed by atoms with Crippen LogP contribution in [-0.4, -0.2) is 0 Å². The molecule has 0 amide bonds. The van der Waals surface area contributed by atoms with Crippen molar-refractivity contribution >= 4 is 60.5 Å². The molecule has 0 atom stereocenters. The molecule has 11 aromatic rings. The van der Waals surface area contributed by atoms with E-state index < -0.39 is 0 Å². The van der Waals surface area contributed by atoms with E-state index in [9.17, 15) is 0 Å². The van der Waals surface area contributed by atoms with Gasteiger partial charge in [0.1, 0.15) is 11.2 Å². The van der Waals surface area contributed by atoms with Gasteiger partial charge in [0.2, 0.25) is 0 Å². The largest absolute Gasteiger partial charge is 0.456 e. The van der Waals surface area contributed by atoms with Crippen molar-refractivity contribution in [1.29, 1.82) is 0 Å². The molecule has 1 aliphatic rings. The first kappa shape index (κ1) is 35.3. The van der Waals surface area contributed by atoms with Crippen LogP contribution in [-0.2, 0) is 5.41 Å². The summed E-state index contributed by atoms with van der Waals surface area (Å²) >= 11 is 0. The summed E-state index contributed by atoms with van der Waals surface area (Å²) in [5, 5.41) is 7.26. The lowest BCUT2D eigenvalue weighted by Gasteiger charge is -2.28. The number of hydrogen-bond donors (Lipinski definition) is 0. The summed E-state index contributed by atoms with van der Waals surface area (Å²) in [4.78, 5) is 2.42. The van der Waals surface area contributed by atoms with Crippen LogP contribution in [0.2, 0.25) is 0 Å². The van der Waals surface area contributed by atoms with Gasteiger partial charge in [0.25, 0.3) is 0 Å². The molecule has 0 spiro atoms. The molecular formula is C59H41NO. The SMILES string of the molecule is CC1(C)c2cc(-c3ccccc3)ccc2-c2ccc(N(c3ccc(-c4ccc(-c5ccc6c(c5)oc5ccccc56)cc4)cc3)c3ccc4cc5ccccc5cc4c3)cc21. The van der Waals surface area contributed by atoms with Crippen molar-refractivity contribution in [1.82, 2.24) is 0 Å². The molecule has 2 nitrogen and oxygen atoms in total. The Balaban J connectivity index is 0.918. The van der Waals surface area contributed by atoms with E-state index in [1.165, 1.54) is 66.1 Å². The van der Waals surface area contributed by atoms with Gasteiger partial charge in [0.15, 0.2) is 0 Å². The first-order valence-electron chi connectivity index (χ1n) is 21.1. The van der Waals surface area contributed by atoms with Gasteiger partial charge < -0.3 is 9.32 Å². The topological polar surface area (TPSA) is 16.4 Å². The normalized spacial score (nSPS) is 12.9. The van der Waals surface area contributed by atoms with Crippen molar-refractivity contribution in [2.45, 2.75) is 19.3 Å². The Morgan fingerprint density at radius 1 is 0.328 bits per heavy atom. The number of rotatable bonds is 6. The van der Waals surface area contributed by atoms with Crippen LogP contribution < -0.4 is 4.90 Å². The molecule has 0 aliphatic heterocycles. The zero-order valence-corrected chi connectivity index (χ0v) is 34.1. The highest BCUT2D eigenvalue weighted by Gasteiger charge is 2.36. The highest BCUT2D eigenvalue weighted by atomic mass is 16.3. The molecule has 0 saturated carbocycles. The van der Waals surface area contributed by atoms with Crippen molar-refractivity contribution in [2.24, 2.45) is 0 Å². The van der Waals surface area contributed by atoms with Crippen molar-refractivity contribution in [3.8, 4) is 44.5 Å². The Hall–Kier alpha value is -7.68. The Kier molecular flexibility index (Phi) is 7.92. The monoisotopic (exact) mass is 779 g/mol. The molecule has 1 aromatic heterocycles. The molecule has 61 heavy (non-hydrogen) atoms. The van der Waals surface area contributed by atoms with Gasteiger partial charge in [-0.3, -0.25) is 0 Å². The second kappa shape index (κ2) is 13.7. The Morgan fingerprint density at radius 3 is 1.59 bits per heavy atom. The second-order valence-corrected chi connectivity index (χ2v) is 17.0. The third kappa shape index (κ3) is 5.86. The summed E-state index contributed by atoms with van der Waals surface area (Å²) in [6.07, 6.45) is 0. The van der Waals surface area contributed by atoms with E-state index >= 15 is 0 Å². The first-order valence-corrected chi connectivity index (χ1v) is 21.1. The van der Waals surface area contributed by atoms with Crippen LogP contribution >= 0.6 is 0 Å². The minimum Gasteiger partial charge on any atom is -0.456 e. The molecule has 10 aromatic carbocycles. The van der Waals surface area contributed by atoms with Gasteiger partial charge in [-0.15, -0.1) is 0 Å². The van der Waals surface area contributed by atoms with Crippen molar-refractivity contribution in [3.05, 3.63) is 223 Å². The number of fused-ring (bicyclic) bond motifs is 8. The molecule has 1 heterocycles. The van der Waals surface area contributed by atoms with Crippen LogP contribution in [0.15, 0.2) is 217 Å². The smallest absolute Gasteiger partial charge is 0.136 e. The molecule has 288 valence electrons. The quantitative estimate of drug-likeness (QED) is 0.156. The van der Waals surface area contributed by atoms with E-state index in [0.717, 1.165) is 50.1 Å². The third-order valence-electron chi connectivity index (χ3n) is 13.0. The molecule has 1 aliphatic carbocycles. The number of para-hydroxylation sites is 1. The van der Waals surface area contributed by atoms with Crippen LogP contribution in [0.4, 0.5) is 17.1 Å². The fourth-order valence-corrected chi connectivity index (χ4v) is 9.75. The standard InChI is InChI=1S/C59H41NO/c1-59(2)55-35-45(38-10-4-3-5-11-38)23-29-51(55)52-31-28-50(37-56(52)59)60(49-27-22-44-32-42-12-6-7-13-43(42)33-47(44)34-49)48-25-20-40(21-26-48)39-16-18-41(19-17-39)46-24-30-54-53-14-8-9-15-57(53)61-58(54)36-46/h3-37H,1-2H3. The van der Waals surface area contributed by atoms with Crippen LogP contribution in [0.3, 0.4) is 0 Å². The zero-order chi connectivity index (χ0) is 40.7. The molecular weight excluding hydrogens is 739 g/mol. The van der Waals surface area contributed by atoms with Crippen molar-refractivity contribution in [2.75, 3.05) is 4.90 Å². The average molecular weight is 780 g/mol. The maximum atomic E-state index is 6.20. The van der Waals surface area contributed by atoms with E-state index in [1.54, 1.807) is 0 Å². The van der Waals surface area contributed by atoms with Crippen LogP contribution in [0, 0.1) is 0 Å². The zero-order valence-electron chi connectivity index (χ0n) is 34.1. The number of benzene rings is 10. The Morgan fingerprint density at radius 2 is 0.820 bits per heavy atom. The second-order valence-electron chi connectivity index (χ2n) is 17.0. The van der Waals surface area contributed by atoms with E-state index in [1.807, 2.05) is 12.1 Å². The molecule has 0 saturated heterocycles.